The number of alkyl halides is 2. The lowest BCUT2D eigenvalue weighted by atomic mass is 10.1. The van der Waals surface area contributed by atoms with Crippen LogP contribution in [0.2, 0.25) is 0 Å². The fourth-order valence-electron chi connectivity index (χ4n) is 2.17. The molecule has 0 aliphatic carbocycles. The predicted molar refractivity (Wildman–Crippen MR) is 79.7 cm³/mol. The Morgan fingerprint density at radius 3 is 2.61 bits per heavy atom. The van der Waals surface area contributed by atoms with Gasteiger partial charge in [-0.1, -0.05) is 24.3 Å². The van der Waals surface area contributed by atoms with E-state index in [0.29, 0.717) is 11.1 Å². The number of rotatable bonds is 6. The van der Waals surface area contributed by atoms with Crippen LogP contribution >= 0.6 is 0 Å². The number of benzene rings is 2. The van der Waals surface area contributed by atoms with Crippen LogP contribution in [0.15, 0.2) is 48.5 Å². The lowest BCUT2D eigenvalue weighted by Crippen LogP contribution is -2.28. The Labute approximate surface area is 132 Å². The average Bonchev–Trinajstić information content (AvgIpc) is 2.46. The molecule has 3 nitrogen and oxygen atoms in total. The third-order valence-corrected chi connectivity index (χ3v) is 3.21. The lowest BCUT2D eigenvalue weighted by Gasteiger charge is -2.15. The van der Waals surface area contributed by atoms with Crippen molar-refractivity contribution in [1.82, 2.24) is 5.32 Å². The van der Waals surface area contributed by atoms with Gasteiger partial charge in [-0.05, 0) is 42.3 Å². The molecule has 0 heterocycles. The van der Waals surface area contributed by atoms with Gasteiger partial charge in [0.2, 0.25) is 5.91 Å². The first-order valence-corrected chi connectivity index (χ1v) is 7.02. The SMILES string of the molecule is C[C@@H](NC(=O)Cc1cccc(F)c1)c1cccc(OC(F)F)c1. The van der Waals surface area contributed by atoms with Crippen LogP contribution in [0, 0.1) is 5.82 Å². The molecule has 1 N–H and O–H groups in total. The zero-order chi connectivity index (χ0) is 16.8. The molecule has 6 heteroatoms. The highest BCUT2D eigenvalue weighted by Gasteiger charge is 2.12. The van der Waals surface area contributed by atoms with Crippen LogP contribution in [0.3, 0.4) is 0 Å². The van der Waals surface area contributed by atoms with Gasteiger partial charge >= 0.3 is 6.61 Å². The number of carbonyl (C=O) groups excluding carboxylic acids is 1. The van der Waals surface area contributed by atoms with E-state index >= 15 is 0 Å². The summed E-state index contributed by atoms with van der Waals surface area (Å²) in [6.45, 7) is -1.17. The van der Waals surface area contributed by atoms with Crippen LogP contribution in [0.4, 0.5) is 13.2 Å². The van der Waals surface area contributed by atoms with Crippen LogP contribution in [0.5, 0.6) is 5.75 Å². The van der Waals surface area contributed by atoms with E-state index in [-0.39, 0.29) is 18.1 Å². The minimum absolute atomic E-state index is 0.0312. The van der Waals surface area contributed by atoms with Gasteiger partial charge in [0.25, 0.3) is 0 Å². The highest BCUT2D eigenvalue weighted by atomic mass is 19.3. The lowest BCUT2D eigenvalue weighted by molar-refractivity contribution is -0.121. The third kappa shape index (κ3) is 5.32. The molecule has 0 fully saturated rings. The Hall–Kier alpha value is -2.50. The molecule has 0 bridgehead atoms. The summed E-state index contributed by atoms with van der Waals surface area (Å²) < 4.78 is 41.8. The highest BCUT2D eigenvalue weighted by molar-refractivity contribution is 5.79. The maximum atomic E-state index is 13.1. The Morgan fingerprint density at radius 2 is 1.91 bits per heavy atom. The van der Waals surface area contributed by atoms with Crippen molar-refractivity contribution in [3.05, 3.63) is 65.5 Å². The molecule has 0 unspecified atom stereocenters. The zero-order valence-electron chi connectivity index (χ0n) is 12.4. The molecular weight excluding hydrogens is 307 g/mol. The van der Waals surface area contributed by atoms with Crippen LogP contribution in [0.1, 0.15) is 24.1 Å². The average molecular weight is 323 g/mol. The third-order valence-electron chi connectivity index (χ3n) is 3.21. The van der Waals surface area contributed by atoms with Crippen molar-refractivity contribution in [1.29, 1.82) is 0 Å². The van der Waals surface area contributed by atoms with Crippen LogP contribution in [0.25, 0.3) is 0 Å². The quantitative estimate of drug-likeness (QED) is 0.877. The largest absolute Gasteiger partial charge is 0.435 e. The van der Waals surface area contributed by atoms with E-state index in [0.717, 1.165) is 0 Å². The highest BCUT2D eigenvalue weighted by Crippen LogP contribution is 2.20. The van der Waals surface area contributed by atoms with Crippen molar-refractivity contribution < 1.29 is 22.7 Å². The summed E-state index contributed by atoms with van der Waals surface area (Å²) in [4.78, 5) is 12.0. The van der Waals surface area contributed by atoms with E-state index in [2.05, 4.69) is 10.1 Å². The summed E-state index contributed by atoms with van der Waals surface area (Å²) in [6.07, 6.45) is 0.0370. The molecule has 0 aromatic heterocycles. The minimum Gasteiger partial charge on any atom is -0.435 e. The Morgan fingerprint density at radius 1 is 1.17 bits per heavy atom. The summed E-state index contributed by atoms with van der Waals surface area (Å²) in [6, 6.07) is 11.5. The summed E-state index contributed by atoms with van der Waals surface area (Å²) in [5.74, 6) is -0.660. The van der Waals surface area contributed by atoms with E-state index in [9.17, 15) is 18.0 Å². The molecule has 0 spiro atoms. The molecule has 1 atom stereocenters. The van der Waals surface area contributed by atoms with Crippen molar-refractivity contribution in [3.63, 3.8) is 0 Å². The fourth-order valence-corrected chi connectivity index (χ4v) is 2.17. The van der Waals surface area contributed by atoms with Gasteiger partial charge in [-0.2, -0.15) is 8.78 Å². The molecule has 0 saturated heterocycles. The van der Waals surface area contributed by atoms with Crippen LogP contribution in [-0.2, 0) is 11.2 Å². The van der Waals surface area contributed by atoms with Crippen molar-refractivity contribution in [2.24, 2.45) is 0 Å². The fraction of sp³-hybridized carbons (Fsp3) is 0.235. The van der Waals surface area contributed by atoms with Gasteiger partial charge in [-0.25, -0.2) is 4.39 Å². The molecular formula is C17H16F3NO2. The van der Waals surface area contributed by atoms with Crippen molar-refractivity contribution in [2.45, 2.75) is 26.0 Å². The van der Waals surface area contributed by atoms with Crippen LogP contribution < -0.4 is 10.1 Å². The Kier molecular flexibility index (Phi) is 5.62. The van der Waals surface area contributed by atoms with E-state index in [1.54, 1.807) is 25.1 Å². The molecule has 122 valence electrons. The number of carbonyl (C=O) groups is 1. The van der Waals surface area contributed by atoms with Crippen LogP contribution in [-0.4, -0.2) is 12.5 Å². The summed E-state index contributed by atoms with van der Waals surface area (Å²) >= 11 is 0. The number of hydrogen-bond acceptors (Lipinski definition) is 2. The molecule has 0 aliphatic rings. The zero-order valence-corrected chi connectivity index (χ0v) is 12.4. The monoisotopic (exact) mass is 323 g/mol. The van der Waals surface area contributed by atoms with E-state index < -0.39 is 18.5 Å². The smallest absolute Gasteiger partial charge is 0.387 e. The van der Waals surface area contributed by atoms with Gasteiger partial charge in [0, 0.05) is 0 Å². The van der Waals surface area contributed by atoms with Gasteiger partial charge in [-0.3, -0.25) is 4.79 Å². The first-order valence-electron chi connectivity index (χ1n) is 7.02. The Balaban J connectivity index is 1.98. The molecule has 0 aliphatic heterocycles. The molecule has 0 saturated carbocycles. The van der Waals surface area contributed by atoms with Gasteiger partial charge < -0.3 is 10.1 Å². The summed E-state index contributed by atoms with van der Waals surface area (Å²) in [7, 11) is 0. The molecule has 2 rings (SSSR count). The predicted octanol–water partition coefficient (Wildman–Crippen LogP) is 3.85. The second-order valence-corrected chi connectivity index (χ2v) is 5.05. The van der Waals surface area contributed by atoms with E-state index in [1.807, 2.05) is 0 Å². The van der Waals surface area contributed by atoms with Gasteiger partial charge in [0.1, 0.15) is 11.6 Å². The topological polar surface area (TPSA) is 38.3 Å². The van der Waals surface area contributed by atoms with E-state index in [4.69, 9.17) is 0 Å². The second-order valence-electron chi connectivity index (χ2n) is 5.05. The van der Waals surface area contributed by atoms with Gasteiger partial charge in [0.15, 0.2) is 0 Å². The first kappa shape index (κ1) is 16.9. The van der Waals surface area contributed by atoms with Gasteiger partial charge in [-0.15, -0.1) is 0 Å². The standard InChI is InChI=1S/C17H16F3NO2/c1-11(13-5-3-7-15(10-13)23-17(19)20)21-16(22)9-12-4-2-6-14(18)8-12/h2-8,10-11,17H,9H2,1H3,(H,21,22)/t11-/m1/s1. The maximum absolute atomic E-state index is 13.1. The molecule has 2 aromatic carbocycles. The van der Waals surface area contributed by atoms with E-state index in [1.165, 1.54) is 30.3 Å². The summed E-state index contributed by atoms with van der Waals surface area (Å²) in [5, 5.41) is 2.74. The number of ether oxygens (including phenoxy) is 1. The Bertz CT molecular complexity index is 676. The first-order chi connectivity index (χ1) is 10.9. The molecule has 0 radical (unpaired) electrons. The number of nitrogens with one attached hydrogen (secondary N) is 1. The van der Waals surface area contributed by atoms with Gasteiger partial charge in [0.05, 0.1) is 12.5 Å². The number of halogens is 3. The van der Waals surface area contributed by atoms with Crippen molar-refractivity contribution >= 4 is 5.91 Å². The molecule has 2 aromatic rings. The summed E-state index contributed by atoms with van der Waals surface area (Å²) in [5.41, 5.74) is 1.19. The minimum atomic E-state index is -2.90. The second kappa shape index (κ2) is 7.67. The molecule has 1 amide bonds. The maximum Gasteiger partial charge on any atom is 0.387 e. The molecule has 23 heavy (non-hydrogen) atoms. The number of hydrogen-bond donors (Lipinski definition) is 1. The normalized spacial score (nSPS) is 12.0. The number of amides is 1. The van der Waals surface area contributed by atoms with Crippen molar-refractivity contribution in [2.75, 3.05) is 0 Å². The van der Waals surface area contributed by atoms with Crippen molar-refractivity contribution in [3.8, 4) is 5.75 Å².